The van der Waals surface area contributed by atoms with Crippen LogP contribution in [0.25, 0.3) is 0 Å². The van der Waals surface area contributed by atoms with Crippen LogP contribution >= 0.6 is 0 Å². The van der Waals surface area contributed by atoms with Gasteiger partial charge in [-0.2, -0.15) is 5.10 Å². The molecule has 1 heterocycles. The zero-order chi connectivity index (χ0) is 16.6. The normalized spacial score (nSPS) is 10.5. The van der Waals surface area contributed by atoms with Crippen molar-refractivity contribution in [1.82, 2.24) is 15.2 Å². The summed E-state index contributed by atoms with van der Waals surface area (Å²) in [5.41, 5.74) is 9.09. The average molecular weight is 323 g/mol. The molecule has 1 aromatic heterocycles. The van der Waals surface area contributed by atoms with Crippen LogP contribution in [-0.4, -0.2) is 21.7 Å². The molecule has 6 heteroatoms. The Morgan fingerprint density at radius 2 is 1.96 bits per heavy atom. The first-order valence-electron chi connectivity index (χ1n) is 7.95. The molecule has 0 saturated heterocycles. The maximum atomic E-state index is 6.10. The summed E-state index contributed by atoms with van der Waals surface area (Å²) in [6.07, 6.45) is 3.39. The van der Waals surface area contributed by atoms with Crippen molar-refractivity contribution in [3.63, 3.8) is 0 Å². The average Bonchev–Trinajstić information content (AvgIpc) is 3.12. The minimum absolute atomic E-state index is 0.519. The van der Waals surface area contributed by atoms with Crippen LogP contribution in [0.4, 0.5) is 11.6 Å². The van der Waals surface area contributed by atoms with Gasteiger partial charge in [-0.15, -0.1) is 0 Å². The summed E-state index contributed by atoms with van der Waals surface area (Å²) < 4.78 is 5.80. The van der Waals surface area contributed by atoms with E-state index in [0.29, 0.717) is 18.2 Å². The molecule has 0 atom stereocenters. The van der Waals surface area contributed by atoms with Gasteiger partial charge in [-0.1, -0.05) is 36.4 Å². The lowest BCUT2D eigenvalue weighted by molar-refractivity contribution is 0.308. The third-order valence-corrected chi connectivity index (χ3v) is 3.66. The summed E-state index contributed by atoms with van der Waals surface area (Å²) in [5, 5.41) is 9.74. The number of hydrogen-bond acceptors (Lipinski definition) is 5. The Labute approximate surface area is 141 Å². The van der Waals surface area contributed by atoms with E-state index in [2.05, 4.69) is 26.6 Å². The van der Waals surface area contributed by atoms with E-state index < -0.39 is 0 Å². The molecule has 0 bridgehead atoms. The lowest BCUT2D eigenvalue weighted by Gasteiger charge is -2.11. The van der Waals surface area contributed by atoms with Crippen LogP contribution in [0.2, 0.25) is 0 Å². The number of nitrogens with zero attached hydrogens (tertiary/aromatic N) is 2. The molecule has 0 fully saturated rings. The van der Waals surface area contributed by atoms with Crippen molar-refractivity contribution in [2.24, 2.45) is 0 Å². The highest BCUT2D eigenvalue weighted by molar-refractivity contribution is 5.54. The van der Waals surface area contributed by atoms with E-state index in [-0.39, 0.29) is 0 Å². The molecule has 3 rings (SSSR count). The van der Waals surface area contributed by atoms with E-state index in [0.717, 1.165) is 30.7 Å². The second kappa shape index (κ2) is 8.01. The predicted molar refractivity (Wildman–Crippen MR) is 94.8 cm³/mol. The van der Waals surface area contributed by atoms with Crippen molar-refractivity contribution in [3.8, 4) is 5.75 Å². The number of benzene rings is 2. The molecule has 24 heavy (non-hydrogen) atoms. The summed E-state index contributed by atoms with van der Waals surface area (Å²) in [5.74, 6) is 1.42. The van der Waals surface area contributed by atoms with E-state index in [1.54, 1.807) is 0 Å². The van der Waals surface area contributed by atoms with Crippen molar-refractivity contribution >= 4 is 11.6 Å². The summed E-state index contributed by atoms with van der Waals surface area (Å²) in [4.78, 5) is 4.02. The number of rotatable bonds is 8. The van der Waals surface area contributed by atoms with Crippen molar-refractivity contribution in [3.05, 3.63) is 66.0 Å². The van der Waals surface area contributed by atoms with Gasteiger partial charge in [-0.3, -0.25) is 0 Å². The number of nitrogens with two attached hydrogens (primary N) is 1. The summed E-state index contributed by atoms with van der Waals surface area (Å²) in [6, 6.07) is 16.0. The van der Waals surface area contributed by atoms with Gasteiger partial charge in [-0.25, -0.2) is 10.1 Å². The largest absolute Gasteiger partial charge is 0.487 e. The Kier molecular flexibility index (Phi) is 5.29. The lowest BCUT2D eigenvalue weighted by atomic mass is 10.1. The molecule has 124 valence electrons. The van der Waals surface area contributed by atoms with E-state index in [1.165, 1.54) is 11.9 Å². The monoisotopic (exact) mass is 323 g/mol. The highest BCUT2D eigenvalue weighted by Crippen LogP contribution is 2.24. The second-order valence-electron chi connectivity index (χ2n) is 5.51. The predicted octanol–water partition coefficient (Wildman–Crippen LogP) is 3.01. The number of anilines is 2. The van der Waals surface area contributed by atoms with Crippen molar-refractivity contribution in [2.45, 2.75) is 19.4 Å². The number of hydrogen-bond donors (Lipinski definition) is 3. The number of aryl methyl sites for hydroxylation is 1. The SMILES string of the molecule is Nc1cc(CCCNc2ncn[nH]2)ccc1OCc1ccccc1. The highest BCUT2D eigenvalue weighted by Gasteiger charge is 2.03. The zero-order valence-electron chi connectivity index (χ0n) is 13.4. The van der Waals surface area contributed by atoms with Crippen LogP contribution in [0, 0.1) is 0 Å². The van der Waals surface area contributed by atoms with Gasteiger partial charge in [0.25, 0.3) is 0 Å². The number of H-pyrrole nitrogens is 1. The summed E-state index contributed by atoms with van der Waals surface area (Å²) in [7, 11) is 0. The van der Waals surface area contributed by atoms with Gasteiger partial charge in [-0.05, 0) is 36.1 Å². The Balaban J connectivity index is 1.47. The van der Waals surface area contributed by atoms with Crippen LogP contribution in [0.15, 0.2) is 54.9 Å². The lowest BCUT2D eigenvalue weighted by Crippen LogP contribution is -2.05. The number of ether oxygens (including phenoxy) is 1. The molecule has 3 aromatic rings. The number of nitrogen functional groups attached to an aromatic ring is 1. The van der Waals surface area contributed by atoms with Gasteiger partial charge >= 0.3 is 0 Å². The van der Waals surface area contributed by atoms with Gasteiger partial charge in [0, 0.05) is 6.54 Å². The van der Waals surface area contributed by atoms with E-state index in [4.69, 9.17) is 10.5 Å². The Hall–Kier alpha value is -3.02. The van der Waals surface area contributed by atoms with Crippen LogP contribution in [0.3, 0.4) is 0 Å². The summed E-state index contributed by atoms with van der Waals surface area (Å²) in [6.45, 7) is 1.34. The van der Waals surface area contributed by atoms with Gasteiger partial charge in [0.05, 0.1) is 5.69 Å². The fourth-order valence-electron chi connectivity index (χ4n) is 2.41. The summed E-state index contributed by atoms with van der Waals surface area (Å²) >= 11 is 0. The number of aromatic amines is 1. The molecule has 0 aliphatic rings. The van der Waals surface area contributed by atoms with Gasteiger partial charge in [0.1, 0.15) is 18.7 Å². The van der Waals surface area contributed by atoms with Gasteiger partial charge in [0.15, 0.2) is 0 Å². The molecule has 0 amide bonds. The molecular formula is C18H21N5O. The van der Waals surface area contributed by atoms with Crippen molar-refractivity contribution in [2.75, 3.05) is 17.6 Å². The fraction of sp³-hybridized carbons (Fsp3) is 0.222. The highest BCUT2D eigenvalue weighted by atomic mass is 16.5. The molecule has 2 aromatic carbocycles. The Morgan fingerprint density at radius 1 is 1.08 bits per heavy atom. The number of nitrogens with one attached hydrogen (secondary N) is 2. The second-order valence-corrected chi connectivity index (χ2v) is 5.51. The molecule has 0 radical (unpaired) electrons. The zero-order valence-corrected chi connectivity index (χ0v) is 13.4. The maximum absolute atomic E-state index is 6.10. The molecular weight excluding hydrogens is 302 g/mol. The van der Waals surface area contributed by atoms with Gasteiger partial charge < -0.3 is 15.8 Å². The molecule has 0 aliphatic carbocycles. The van der Waals surface area contributed by atoms with E-state index in [1.807, 2.05) is 42.5 Å². The van der Waals surface area contributed by atoms with E-state index >= 15 is 0 Å². The van der Waals surface area contributed by atoms with Crippen LogP contribution in [0.1, 0.15) is 17.5 Å². The van der Waals surface area contributed by atoms with Gasteiger partial charge in [0.2, 0.25) is 5.95 Å². The topological polar surface area (TPSA) is 88.9 Å². The van der Waals surface area contributed by atoms with Crippen molar-refractivity contribution in [1.29, 1.82) is 0 Å². The quantitative estimate of drug-likeness (QED) is 0.438. The molecule has 0 unspecified atom stereocenters. The smallest absolute Gasteiger partial charge is 0.218 e. The standard InChI is InChI=1S/C18H21N5O/c19-16-11-14(7-4-10-20-18-21-13-22-23-18)8-9-17(16)24-12-15-5-2-1-3-6-15/h1-3,5-6,8-9,11,13H,4,7,10,12,19H2,(H2,20,21,22,23). The van der Waals surface area contributed by atoms with Crippen molar-refractivity contribution < 1.29 is 4.74 Å². The van der Waals surface area contributed by atoms with Crippen LogP contribution in [-0.2, 0) is 13.0 Å². The molecule has 4 N–H and O–H groups in total. The Bertz CT molecular complexity index is 743. The fourth-order valence-corrected chi connectivity index (χ4v) is 2.41. The minimum atomic E-state index is 0.519. The molecule has 0 saturated carbocycles. The first-order chi connectivity index (χ1) is 11.8. The maximum Gasteiger partial charge on any atom is 0.218 e. The third kappa shape index (κ3) is 4.49. The molecule has 6 nitrogen and oxygen atoms in total. The third-order valence-electron chi connectivity index (χ3n) is 3.66. The first kappa shape index (κ1) is 15.9. The minimum Gasteiger partial charge on any atom is -0.487 e. The van der Waals surface area contributed by atoms with Crippen LogP contribution in [0.5, 0.6) is 5.75 Å². The Morgan fingerprint density at radius 3 is 2.71 bits per heavy atom. The van der Waals surface area contributed by atoms with Crippen LogP contribution < -0.4 is 15.8 Å². The first-order valence-corrected chi connectivity index (χ1v) is 7.95. The molecule has 0 spiro atoms. The molecule has 0 aliphatic heterocycles. The number of aromatic nitrogens is 3. The van der Waals surface area contributed by atoms with E-state index in [9.17, 15) is 0 Å².